The van der Waals surface area contributed by atoms with Gasteiger partial charge in [-0.1, -0.05) is 6.92 Å². The summed E-state index contributed by atoms with van der Waals surface area (Å²) in [6, 6.07) is 0.292. The van der Waals surface area contributed by atoms with Crippen molar-refractivity contribution in [1.82, 2.24) is 15.5 Å². The Morgan fingerprint density at radius 1 is 1.30 bits per heavy atom. The zero-order chi connectivity index (χ0) is 15.8. The molecule has 0 aromatic carbocycles. The summed E-state index contributed by atoms with van der Waals surface area (Å²) in [5, 5.41) is 6.69. The van der Waals surface area contributed by atoms with Crippen LogP contribution in [0.15, 0.2) is 4.99 Å². The van der Waals surface area contributed by atoms with E-state index < -0.39 is 0 Å². The quantitative estimate of drug-likeness (QED) is 0.262. The molecule has 0 radical (unpaired) electrons. The van der Waals surface area contributed by atoms with Crippen molar-refractivity contribution in [2.24, 2.45) is 10.9 Å². The lowest BCUT2D eigenvalue weighted by atomic mass is 10.3. The molecule has 1 aliphatic carbocycles. The van der Waals surface area contributed by atoms with Crippen LogP contribution in [-0.2, 0) is 9.53 Å². The third-order valence-corrected chi connectivity index (χ3v) is 4.08. The number of likely N-dealkylation sites (tertiary alicyclic amines) is 1. The van der Waals surface area contributed by atoms with E-state index in [1.54, 1.807) is 0 Å². The van der Waals surface area contributed by atoms with Gasteiger partial charge in [0.25, 0.3) is 0 Å². The van der Waals surface area contributed by atoms with Crippen molar-refractivity contribution in [1.29, 1.82) is 0 Å². The number of rotatable bonds is 8. The second kappa shape index (κ2) is 11.1. The van der Waals surface area contributed by atoms with Gasteiger partial charge in [0.2, 0.25) is 5.91 Å². The van der Waals surface area contributed by atoms with Crippen molar-refractivity contribution in [2.75, 3.05) is 39.4 Å². The fraction of sp³-hybridized carbons (Fsp3) is 0.875. The fourth-order valence-electron chi connectivity index (χ4n) is 2.60. The van der Waals surface area contributed by atoms with Crippen LogP contribution in [0.3, 0.4) is 0 Å². The summed E-state index contributed by atoms with van der Waals surface area (Å²) >= 11 is 0. The second-order valence-corrected chi connectivity index (χ2v) is 6.10. The van der Waals surface area contributed by atoms with Gasteiger partial charge in [0.1, 0.15) is 0 Å². The number of nitrogens with one attached hydrogen (secondary N) is 2. The molecular weight excluding hydrogens is 407 g/mol. The van der Waals surface area contributed by atoms with Gasteiger partial charge >= 0.3 is 0 Å². The average molecular weight is 438 g/mol. The first kappa shape index (κ1) is 20.5. The van der Waals surface area contributed by atoms with Crippen LogP contribution in [0.25, 0.3) is 0 Å². The number of hydrogen-bond acceptors (Lipinski definition) is 3. The van der Waals surface area contributed by atoms with E-state index in [9.17, 15) is 4.79 Å². The number of carbonyl (C=O) groups excluding carboxylic acids is 1. The zero-order valence-electron chi connectivity index (χ0n) is 14.3. The minimum Gasteiger partial charge on any atom is -0.379 e. The number of ether oxygens (including phenoxy) is 1. The summed E-state index contributed by atoms with van der Waals surface area (Å²) in [4.78, 5) is 18.2. The number of aliphatic imine (C=N–C) groups is 1. The first-order valence-corrected chi connectivity index (χ1v) is 8.63. The third-order valence-electron chi connectivity index (χ3n) is 4.08. The van der Waals surface area contributed by atoms with E-state index in [1.165, 1.54) is 12.8 Å². The average Bonchev–Trinajstić information content (AvgIpc) is 3.23. The van der Waals surface area contributed by atoms with Crippen molar-refractivity contribution in [3.8, 4) is 0 Å². The molecule has 1 heterocycles. The molecule has 2 rings (SSSR count). The summed E-state index contributed by atoms with van der Waals surface area (Å²) in [5.41, 5.74) is 0. The molecule has 1 unspecified atom stereocenters. The molecule has 134 valence electrons. The molecule has 7 heteroatoms. The monoisotopic (exact) mass is 438 g/mol. The molecule has 1 saturated heterocycles. The Labute approximate surface area is 156 Å². The molecule has 2 fully saturated rings. The maximum atomic E-state index is 11.7. The molecule has 1 amide bonds. The number of hydrogen-bond donors (Lipinski definition) is 2. The molecule has 2 N–H and O–H groups in total. The molecule has 1 atom stereocenters. The fourth-order valence-corrected chi connectivity index (χ4v) is 2.60. The van der Waals surface area contributed by atoms with Gasteiger partial charge in [-0.3, -0.25) is 9.79 Å². The van der Waals surface area contributed by atoms with Gasteiger partial charge in [-0.15, -0.1) is 24.0 Å². The van der Waals surface area contributed by atoms with E-state index in [0.717, 1.165) is 44.5 Å². The molecule has 2 aliphatic rings. The van der Waals surface area contributed by atoms with Crippen molar-refractivity contribution < 1.29 is 9.53 Å². The number of guanidine groups is 1. The normalized spacial score (nSPS) is 21.0. The van der Waals surface area contributed by atoms with Crippen LogP contribution in [0.4, 0.5) is 0 Å². The zero-order valence-corrected chi connectivity index (χ0v) is 16.7. The maximum Gasteiger partial charge on any atom is 0.222 e. The molecule has 0 bridgehead atoms. The van der Waals surface area contributed by atoms with Crippen LogP contribution < -0.4 is 10.6 Å². The van der Waals surface area contributed by atoms with Crippen LogP contribution in [0.5, 0.6) is 0 Å². The number of halogens is 1. The Balaban J connectivity index is 0.00000264. The second-order valence-electron chi connectivity index (χ2n) is 6.10. The number of amides is 1. The lowest BCUT2D eigenvalue weighted by Crippen LogP contribution is -2.45. The largest absolute Gasteiger partial charge is 0.379 e. The highest BCUT2D eigenvalue weighted by Gasteiger charge is 2.25. The van der Waals surface area contributed by atoms with Crippen LogP contribution >= 0.6 is 24.0 Å². The molecule has 0 aromatic heterocycles. The molecule has 0 spiro atoms. The Morgan fingerprint density at radius 2 is 2.09 bits per heavy atom. The summed E-state index contributed by atoms with van der Waals surface area (Å²) in [6.45, 7) is 8.65. The van der Waals surface area contributed by atoms with Gasteiger partial charge in [-0.05, 0) is 32.1 Å². The molecule has 1 aliphatic heterocycles. The predicted molar refractivity (Wildman–Crippen MR) is 103 cm³/mol. The van der Waals surface area contributed by atoms with E-state index in [1.807, 2.05) is 11.8 Å². The topological polar surface area (TPSA) is 66.0 Å². The van der Waals surface area contributed by atoms with Gasteiger partial charge in [-0.2, -0.15) is 0 Å². The summed E-state index contributed by atoms with van der Waals surface area (Å²) in [7, 11) is 0. The van der Waals surface area contributed by atoms with Gasteiger partial charge in [0.05, 0.1) is 13.2 Å². The summed E-state index contributed by atoms with van der Waals surface area (Å²) < 4.78 is 5.60. The van der Waals surface area contributed by atoms with Gasteiger partial charge in [0, 0.05) is 38.7 Å². The number of carbonyl (C=O) groups is 1. The highest BCUT2D eigenvalue weighted by molar-refractivity contribution is 14.0. The Morgan fingerprint density at radius 3 is 2.74 bits per heavy atom. The molecular formula is C16H31IN4O2. The van der Waals surface area contributed by atoms with Crippen molar-refractivity contribution in [3.05, 3.63) is 0 Å². The standard InChI is InChI=1S/C16H30N4O2.HI/c1-3-15(21)20-9-7-14(11-20)19-16(17-4-2)18-8-10-22-12-13-5-6-13;/h13-14H,3-12H2,1-2H3,(H2,17,18,19);1H. The van der Waals surface area contributed by atoms with E-state index in [0.29, 0.717) is 25.6 Å². The smallest absolute Gasteiger partial charge is 0.222 e. The van der Waals surface area contributed by atoms with E-state index in [2.05, 4.69) is 22.5 Å². The van der Waals surface area contributed by atoms with Crippen LogP contribution in [0, 0.1) is 5.92 Å². The Hall–Kier alpha value is -0.570. The lowest BCUT2D eigenvalue weighted by molar-refractivity contribution is -0.129. The van der Waals surface area contributed by atoms with Gasteiger partial charge < -0.3 is 20.3 Å². The highest BCUT2D eigenvalue weighted by Crippen LogP contribution is 2.28. The summed E-state index contributed by atoms with van der Waals surface area (Å²) in [5.74, 6) is 1.86. The molecule has 23 heavy (non-hydrogen) atoms. The van der Waals surface area contributed by atoms with Crippen molar-refractivity contribution in [3.63, 3.8) is 0 Å². The first-order valence-electron chi connectivity index (χ1n) is 8.63. The molecule has 0 aromatic rings. The summed E-state index contributed by atoms with van der Waals surface area (Å²) in [6.07, 6.45) is 4.21. The SMILES string of the molecule is CCNC(=NCCOCC1CC1)NC1CCN(C(=O)CC)C1.I. The van der Waals surface area contributed by atoms with Crippen LogP contribution in [0.2, 0.25) is 0 Å². The predicted octanol–water partition coefficient (Wildman–Crippen LogP) is 1.60. The number of nitrogens with zero attached hydrogens (tertiary/aromatic N) is 2. The minimum absolute atomic E-state index is 0. The van der Waals surface area contributed by atoms with Crippen molar-refractivity contribution >= 4 is 35.8 Å². The Bertz CT molecular complexity index is 388. The van der Waals surface area contributed by atoms with E-state index >= 15 is 0 Å². The highest BCUT2D eigenvalue weighted by atomic mass is 127. The van der Waals surface area contributed by atoms with E-state index in [-0.39, 0.29) is 29.9 Å². The first-order chi connectivity index (χ1) is 10.7. The van der Waals surface area contributed by atoms with Gasteiger partial charge in [0.15, 0.2) is 5.96 Å². The van der Waals surface area contributed by atoms with Crippen LogP contribution in [-0.4, -0.2) is 62.2 Å². The molecule has 1 saturated carbocycles. The van der Waals surface area contributed by atoms with E-state index in [4.69, 9.17) is 4.74 Å². The molecule has 6 nitrogen and oxygen atoms in total. The third kappa shape index (κ3) is 7.69. The van der Waals surface area contributed by atoms with Crippen LogP contribution in [0.1, 0.15) is 39.5 Å². The maximum absolute atomic E-state index is 11.7. The van der Waals surface area contributed by atoms with Crippen molar-refractivity contribution in [2.45, 2.75) is 45.6 Å². The Kier molecular flexibility index (Phi) is 9.85. The lowest BCUT2D eigenvalue weighted by Gasteiger charge is -2.18. The minimum atomic E-state index is 0. The van der Waals surface area contributed by atoms with Gasteiger partial charge in [-0.25, -0.2) is 0 Å².